The highest BCUT2D eigenvalue weighted by molar-refractivity contribution is 7.89. The molecule has 0 fully saturated rings. The third kappa shape index (κ3) is 3.18. The number of benzene rings is 2. The van der Waals surface area contributed by atoms with Gasteiger partial charge in [0.05, 0.1) is 0 Å². The zero-order chi connectivity index (χ0) is 13.8. The number of rotatable bonds is 3. The van der Waals surface area contributed by atoms with E-state index in [0.29, 0.717) is 10.5 Å². The monoisotopic (exact) mass is 274 g/mol. The molecule has 0 aliphatic carbocycles. The molecule has 0 heterocycles. The second kappa shape index (κ2) is 5.93. The van der Waals surface area contributed by atoms with Gasteiger partial charge in [0, 0.05) is 10.5 Å². The Morgan fingerprint density at radius 3 is 2.16 bits per heavy atom. The van der Waals surface area contributed by atoms with Gasteiger partial charge in [-0.05, 0) is 31.5 Å². The van der Waals surface area contributed by atoms with E-state index in [1.54, 1.807) is 31.2 Å². The molecule has 0 aliphatic heterocycles. The van der Waals surface area contributed by atoms with E-state index in [1.165, 1.54) is 0 Å². The van der Waals surface area contributed by atoms with Crippen molar-refractivity contribution in [1.29, 1.82) is 0 Å². The van der Waals surface area contributed by atoms with E-state index in [2.05, 4.69) is 0 Å². The predicted molar refractivity (Wildman–Crippen MR) is 77.7 cm³/mol. The fourth-order valence-corrected chi connectivity index (χ4v) is 2.69. The minimum Gasteiger partial charge on any atom is -0.247 e. The van der Waals surface area contributed by atoms with Crippen LogP contribution in [0.1, 0.15) is 18.1 Å². The van der Waals surface area contributed by atoms with Crippen molar-refractivity contribution < 1.29 is 8.60 Å². The molecular weight excluding hydrogens is 259 g/mol. The van der Waals surface area contributed by atoms with Gasteiger partial charge in [0.2, 0.25) is 0 Å². The summed E-state index contributed by atoms with van der Waals surface area (Å²) in [6.07, 6.45) is 0. The molecule has 0 bridgehead atoms. The summed E-state index contributed by atoms with van der Waals surface area (Å²) in [4.78, 5) is 0.485. The van der Waals surface area contributed by atoms with E-state index in [0.717, 1.165) is 11.1 Å². The van der Waals surface area contributed by atoms with Crippen LogP contribution in [0.5, 0.6) is 0 Å². The highest BCUT2D eigenvalue weighted by Gasteiger charge is 2.14. The largest absolute Gasteiger partial charge is 0.247 e. The third-order valence-electron chi connectivity index (χ3n) is 2.90. The summed E-state index contributed by atoms with van der Waals surface area (Å²) in [7, 11) is -1.75. The molecule has 1 atom stereocenters. The predicted octanol–water partition coefficient (Wildman–Crippen LogP) is 4.46. The van der Waals surface area contributed by atoms with Crippen LogP contribution in [0.15, 0.2) is 64.7 Å². The van der Waals surface area contributed by atoms with Crippen LogP contribution in [0.25, 0.3) is 5.57 Å². The molecule has 0 radical (unpaired) electrons. The van der Waals surface area contributed by atoms with E-state index in [1.807, 2.05) is 37.3 Å². The number of allylic oxidation sites excluding steroid dienone is 1. The van der Waals surface area contributed by atoms with Crippen LogP contribution in [-0.2, 0) is 10.8 Å². The normalized spacial score (nSPS) is 13.8. The molecule has 1 nitrogen and oxygen atoms in total. The summed E-state index contributed by atoms with van der Waals surface area (Å²) in [6.45, 7) is 3.59. The highest BCUT2D eigenvalue weighted by atomic mass is 32.2. The summed E-state index contributed by atoms with van der Waals surface area (Å²) in [6, 6.07) is 16.2. The minimum atomic E-state index is -1.75. The van der Waals surface area contributed by atoms with Crippen molar-refractivity contribution in [2.24, 2.45) is 0 Å². The smallest absolute Gasteiger partial charge is 0.195 e. The van der Waals surface area contributed by atoms with Gasteiger partial charge >= 0.3 is 0 Å². The minimum absolute atomic E-state index is 0.416. The highest BCUT2D eigenvalue weighted by Crippen LogP contribution is 2.25. The average Bonchev–Trinajstić information content (AvgIpc) is 2.46. The number of halogens is 1. The van der Waals surface area contributed by atoms with Gasteiger partial charge in [0.15, 0.2) is 5.16 Å². The molecule has 0 spiro atoms. The lowest BCUT2D eigenvalue weighted by Gasteiger charge is -2.05. The zero-order valence-corrected chi connectivity index (χ0v) is 11.7. The molecule has 1 unspecified atom stereocenters. The third-order valence-corrected chi connectivity index (χ3v) is 4.23. The quantitative estimate of drug-likeness (QED) is 0.807. The second-order valence-corrected chi connectivity index (χ2v) is 5.71. The molecule has 2 aromatic rings. The number of hydrogen-bond donors (Lipinski definition) is 0. The summed E-state index contributed by atoms with van der Waals surface area (Å²) >= 11 is 0. The summed E-state index contributed by atoms with van der Waals surface area (Å²) in [5, 5.41) is -0.588. The van der Waals surface area contributed by atoms with E-state index in [4.69, 9.17) is 0 Å². The van der Waals surface area contributed by atoms with Gasteiger partial charge in [-0.2, -0.15) is 4.39 Å². The lowest BCUT2D eigenvalue weighted by atomic mass is 10.1. The topological polar surface area (TPSA) is 17.1 Å². The maximum absolute atomic E-state index is 14.2. The van der Waals surface area contributed by atoms with Crippen LogP contribution in [0, 0.1) is 6.92 Å². The Morgan fingerprint density at radius 1 is 1.00 bits per heavy atom. The first-order chi connectivity index (χ1) is 9.09. The van der Waals surface area contributed by atoms with Crippen molar-refractivity contribution >= 4 is 16.4 Å². The maximum atomic E-state index is 14.2. The van der Waals surface area contributed by atoms with Crippen LogP contribution in [0.2, 0.25) is 0 Å². The molecule has 0 aliphatic rings. The molecule has 2 aromatic carbocycles. The van der Waals surface area contributed by atoms with Crippen molar-refractivity contribution in [3.05, 3.63) is 70.9 Å². The van der Waals surface area contributed by atoms with Crippen molar-refractivity contribution in [3.8, 4) is 0 Å². The Hall–Kier alpha value is -1.74. The Balaban J connectivity index is 2.35. The van der Waals surface area contributed by atoms with Gasteiger partial charge in [0.25, 0.3) is 0 Å². The van der Waals surface area contributed by atoms with Crippen LogP contribution < -0.4 is 0 Å². The number of aryl methyl sites for hydroxylation is 1. The molecule has 0 saturated carbocycles. The molecule has 0 aromatic heterocycles. The van der Waals surface area contributed by atoms with Crippen molar-refractivity contribution in [2.45, 2.75) is 18.7 Å². The molecule has 19 heavy (non-hydrogen) atoms. The van der Waals surface area contributed by atoms with E-state index < -0.39 is 16.0 Å². The van der Waals surface area contributed by atoms with E-state index in [9.17, 15) is 8.60 Å². The molecule has 3 heteroatoms. The average molecular weight is 274 g/mol. The molecule has 0 saturated heterocycles. The fraction of sp³-hybridized carbons (Fsp3) is 0.125. The molecule has 98 valence electrons. The van der Waals surface area contributed by atoms with Gasteiger partial charge in [-0.15, -0.1) is 0 Å². The van der Waals surface area contributed by atoms with Crippen LogP contribution in [0.3, 0.4) is 0 Å². The van der Waals surface area contributed by atoms with Crippen LogP contribution in [-0.4, -0.2) is 4.21 Å². The Labute approximate surface area is 115 Å². The van der Waals surface area contributed by atoms with E-state index in [-0.39, 0.29) is 0 Å². The standard InChI is InChI=1S/C16H15FOS/c1-12-8-10-15(11-9-12)19(18)16(17)13(2)14-6-4-3-5-7-14/h3-11H,1-2H3/b16-13-. The zero-order valence-electron chi connectivity index (χ0n) is 10.9. The summed E-state index contributed by atoms with van der Waals surface area (Å²) < 4.78 is 26.4. The second-order valence-electron chi connectivity index (χ2n) is 4.35. The Morgan fingerprint density at radius 2 is 1.58 bits per heavy atom. The van der Waals surface area contributed by atoms with Crippen LogP contribution in [0.4, 0.5) is 4.39 Å². The van der Waals surface area contributed by atoms with Crippen molar-refractivity contribution in [3.63, 3.8) is 0 Å². The van der Waals surface area contributed by atoms with Gasteiger partial charge in [-0.3, -0.25) is 0 Å². The molecule has 2 rings (SSSR count). The summed E-state index contributed by atoms with van der Waals surface area (Å²) in [5.41, 5.74) is 2.23. The van der Waals surface area contributed by atoms with Crippen molar-refractivity contribution in [2.75, 3.05) is 0 Å². The Kier molecular flexibility index (Phi) is 4.27. The van der Waals surface area contributed by atoms with Crippen LogP contribution >= 0.6 is 0 Å². The maximum Gasteiger partial charge on any atom is 0.195 e. The Bertz CT molecular complexity index is 615. The molecular formula is C16H15FOS. The molecule has 0 amide bonds. The lowest BCUT2D eigenvalue weighted by molar-refractivity contribution is 0.651. The van der Waals surface area contributed by atoms with Gasteiger partial charge in [-0.25, -0.2) is 4.21 Å². The van der Waals surface area contributed by atoms with E-state index >= 15 is 0 Å². The first-order valence-corrected chi connectivity index (χ1v) is 7.15. The fourth-order valence-electron chi connectivity index (χ4n) is 1.71. The first-order valence-electron chi connectivity index (χ1n) is 6.00. The summed E-state index contributed by atoms with van der Waals surface area (Å²) in [5.74, 6) is 0. The van der Waals surface area contributed by atoms with Gasteiger partial charge in [-0.1, -0.05) is 48.0 Å². The SMILES string of the molecule is C/C(=C(\F)S(=O)c1ccc(C)cc1)c1ccccc1. The lowest BCUT2D eigenvalue weighted by Crippen LogP contribution is -1.95. The van der Waals surface area contributed by atoms with Gasteiger partial charge in [0.1, 0.15) is 10.8 Å². The number of hydrogen-bond acceptors (Lipinski definition) is 1. The van der Waals surface area contributed by atoms with Crippen molar-refractivity contribution in [1.82, 2.24) is 0 Å². The van der Waals surface area contributed by atoms with Gasteiger partial charge < -0.3 is 0 Å². The first kappa shape index (κ1) is 13.7. The molecule has 0 N–H and O–H groups in total.